The summed E-state index contributed by atoms with van der Waals surface area (Å²) < 4.78 is 96.4. The highest BCUT2D eigenvalue weighted by molar-refractivity contribution is 5.93. The quantitative estimate of drug-likeness (QED) is 0.152. The minimum absolute atomic E-state index is 0.109. The molecule has 1 aromatic carbocycles. The van der Waals surface area contributed by atoms with Gasteiger partial charge in [0.15, 0.2) is 5.78 Å². The summed E-state index contributed by atoms with van der Waals surface area (Å²) >= 11 is 0. The summed E-state index contributed by atoms with van der Waals surface area (Å²) in [7, 11) is 0.783. The summed E-state index contributed by atoms with van der Waals surface area (Å²) in [6, 6.07) is 8.04. The third-order valence-electron chi connectivity index (χ3n) is 11.2. The maximum atomic E-state index is 13.6. The van der Waals surface area contributed by atoms with Crippen molar-refractivity contribution >= 4 is 17.5 Å². The molecule has 0 heterocycles. The number of nitrogens with zero attached hydrogens (tertiary/aromatic N) is 1. The Hall–Kier alpha value is -3.18. The number of fused-ring (bicyclic) bond motifs is 4. The molecule has 5 rings (SSSR count). The maximum absolute atomic E-state index is 13.6. The molecule has 1 amide bonds. The van der Waals surface area contributed by atoms with Gasteiger partial charge in [-0.25, -0.2) is 0 Å². The summed E-state index contributed by atoms with van der Waals surface area (Å²) in [5, 5.41) is 0. The second-order valence-corrected chi connectivity index (χ2v) is 14.4. The van der Waals surface area contributed by atoms with Gasteiger partial charge in [0.2, 0.25) is 5.91 Å². The highest BCUT2D eigenvalue weighted by Gasteiger charge is 2.73. The van der Waals surface area contributed by atoms with Gasteiger partial charge in [0, 0.05) is 37.6 Å². The van der Waals surface area contributed by atoms with E-state index in [9.17, 15) is 45.1 Å². The molecule has 49 heavy (non-hydrogen) atoms. The Kier molecular flexibility index (Phi) is 10.8. The molecule has 0 saturated heterocycles. The molecule has 0 radical (unpaired) electrons. The predicted molar refractivity (Wildman–Crippen MR) is 168 cm³/mol. The Balaban J connectivity index is 1.08. The van der Waals surface area contributed by atoms with Gasteiger partial charge in [0.25, 0.3) is 0 Å². The highest BCUT2D eigenvalue weighted by atomic mass is 19.4. The Morgan fingerprint density at radius 3 is 2.27 bits per heavy atom. The Morgan fingerprint density at radius 2 is 1.57 bits per heavy atom. The van der Waals surface area contributed by atoms with Crippen molar-refractivity contribution < 1.29 is 49.9 Å². The summed E-state index contributed by atoms with van der Waals surface area (Å²) in [4.78, 5) is 37.6. The Bertz CT molecular complexity index is 1480. The minimum Gasteiger partial charge on any atom is -0.494 e. The van der Waals surface area contributed by atoms with E-state index in [-0.39, 0.29) is 34.9 Å². The van der Waals surface area contributed by atoms with E-state index in [1.165, 1.54) is 16.7 Å². The van der Waals surface area contributed by atoms with Gasteiger partial charge in [0.1, 0.15) is 11.5 Å². The summed E-state index contributed by atoms with van der Waals surface area (Å²) in [6.07, 6.45) is 3.68. The average Bonchev–Trinajstić information content (AvgIpc) is 3.34. The second kappa shape index (κ2) is 14.2. The number of hydrogen-bond acceptors (Lipinski definition) is 4. The number of alkyl halides is 7. The summed E-state index contributed by atoms with van der Waals surface area (Å²) in [5.41, 5.74) is 4.76. The van der Waals surface area contributed by atoms with E-state index in [1.54, 1.807) is 0 Å². The van der Waals surface area contributed by atoms with Crippen LogP contribution in [0.2, 0.25) is 0 Å². The van der Waals surface area contributed by atoms with Crippen LogP contribution in [0.15, 0.2) is 47.1 Å². The van der Waals surface area contributed by atoms with Crippen LogP contribution in [0.25, 0.3) is 0 Å². The van der Waals surface area contributed by atoms with Crippen LogP contribution in [-0.4, -0.2) is 60.6 Å². The van der Waals surface area contributed by atoms with Gasteiger partial charge in [0.05, 0.1) is 13.2 Å². The minimum atomic E-state index is -6.43. The van der Waals surface area contributed by atoms with E-state index in [0.717, 1.165) is 51.1 Å². The molecule has 0 unspecified atom stereocenters. The molecular formula is C37H44F7NO4. The first-order valence-corrected chi connectivity index (χ1v) is 17.3. The Morgan fingerprint density at radius 1 is 0.898 bits per heavy atom. The van der Waals surface area contributed by atoms with Crippen molar-refractivity contribution in [3.63, 3.8) is 0 Å². The molecule has 2 saturated carbocycles. The van der Waals surface area contributed by atoms with Crippen molar-refractivity contribution in [2.24, 2.45) is 17.3 Å². The Labute approximate surface area is 282 Å². The topological polar surface area (TPSA) is 63.7 Å². The fourth-order valence-corrected chi connectivity index (χ4v) is 8.51. The van der Waals surface area contributed by atoms with Crippen molar-refractivity contribution in [3.05, 3.63) is 52.6 Å². The smallest absolute Gasteiger partial charge is 0.459 e. The zero-order valence-corrected chi connectivity index (χ0v) is 28.0. The lowest BCUT2D eigenvalue weighted by Gasteiger charge is -2.50. The van der Waals surface area contributed by atoms with Crippen LogP contribution in [0.4, 0.5) is 30.7 Å². The van der Waals surface area contributed by atoms with Crippen LogP contribution in [0.1, 0.15) is 102 Å². The molecule has 4 aliphatic rings. The third-order valence-corrected chi connectivity index (χ3v) is 11.2. The van der Waals surface area contributed by atoms with Crippen LogP contribution < -0.4 is 4.74 Å². The van der Waals surface area contributed by atoms with E-state index < -0.39 is 30.5 Å². The molecule has 1 aromatic rings. The van der Waals surface area contributed by atoms with Gasteiger partial charge in [-0.05, 0) is 91.7 Å². The van der Waals surface area contributed by atoms with Crippen LogP contribution in [-0.2, 0) is 14.4 Å². The number of unbranched alkanes of at least 4 members (excludes halogenated alkanes) is 4. The number of amides is 1. The van der Waals surface area contributed by atoms with Crippen molar-refractivity contribution in [2.45, 2.75) is 114 Å². The van der Waals surface area contributed by atoms with Crippen molar-refractivity contribution in [1.82, 2.24) is 4.90 Å². The number of ketones is 2. The molecule has 5 nitrogen and oxygen atoms in total. The molecular weight excluding hydrogens is 655 g/mol. The zero-order chi connectivity index (χ0) is 35.8. The first-order chi connectivity index (χ1) is 23.0. The molecule has 2 fully saturated rings. The maximum Gasteiger partial charge on any atom is 0.459 e. The number of rotatable bonds is 13. The number of Topliss-reactive ketones (excluding diaryl/α,β-unsaturated/α-hetero) is 1. The van der Waals surface area contributed by atoms with Gasteiger partial charge in [-0.15, -0.1) is 0 Å². The van der Waals surface area contributed by atoms with Gasteiger partial charge < -0.3 is 9.64 Å². The largest absolute Gasteiger partial charge is 0.494 e. The molecule has 12 heteroatoms. The lowest BCUT2D eigenvalue weighted by Crippen LogP contribution is -2.57. The molecule has 0 spiro atoms. The van der Waals surface area contributed by atoms with Crippen LogP contribution in [0.5, 0.6) is 5.75 Å². The number of hydrogen-bond donors (Lipinski definition) is 0. The fourth-order valence-electron chi connectivity index (χ4n) is 8.51. The van der Waals surface area contributed by atoms with Crippen molar-refractivity contribution in [1.29, 1.82) is 0 Å². The SMILES string of the molecule is CN(CC(F)(F)C(F)(F)C(F)(F)F)C(=O)CCCCCCCOc1ccc([C@H]2C[C@]3(C)C(=O)CC[C@H]3[C@@H]3CCC4=CC(=O)CCC4=C32)cc1. The number of allylic oxidation sites excluding steroid dienone is 4. The number of carbonyl (C=O) groups excluding carboxylic acids is 3. The summed E-state index contributed by atoms with van der Waals surface area (Å²) in [5.74, 6) is -10.5. The molecule has 4 aliphatic carbocycles. The van der Waals surface area contributed by atoms with Gasteiger partial charge >= 0.3 is 18.0 Å². The molecule has 0 N–H and O–H groups in total. The molecule has 270 valence electrons. The number of benzene rings is 1. The van der Waals surface area contributed by atoms with Crippen LogP contribution in [0, 0.1) is 17.3 Å². The number of halogens is 7. The lowest BCUT2D eigenvalue weighted by molar-refractivity contribution is -0.355. The second-order valence-electron chi connectivity index (χ2n) is 14.4. The van der Waals surface area contributed by atoms with Crippen molar-refractivity contribution in [3.8, 4) is 5.75 Å². The van der Waals surface area contributed by atoms with Crippen LogP contribution in [0.3, 0.4) is 0 Å². The first kappa shape index (κ1) is 37.1. The van der Waals surface area contributed by atoms with E-state index >= 15 is 0 Å². The first-order valence-electron chi connectivity index (χ1n) is 17.3. The molecule has 4 atom stereocenters. The van der Waals surface area contributed by atoms with Gasteiger partial charge in [-0.2, -0.15) is 30.7 Å². The van der Waals surface area contributed by atoms with Gasteiger partial charge in [-0.1, -0.05) is 43.9 Å². The van der Waals surface area contributed by atoms with Crippen molar-refractivity contribution in [2.75, 3.05) is 20.2 Å². The van der Waals surface area contributed by atoms with Gasteiger partial charge in [-0.3, -0.25) is 14.4 Å². The highest BCUT2D eigenvalue weighted by Crippen LogP contribution is 2.62. The monoisotopic (exact) mass is 699 g/mol. The van der Waals surface area contributed by atoms with E-state index in [2.05, 4.69) is 19.1 Å². The average molecular weight is 700 g/mol. The summed E-state index contributed by atoms with van der Waals surface area (Å²) in [6.45, 7) is 0.566. The normalized spacial score (nSPS) is 25.8. The third kappa shape index (κ3) is 7.48. The molecule has 0 bridgehead atoms. The van der Waals surface area contributed by atoms with E-state index in [0.29, 0.717) is 62.1 Å². The predicted octanol–water partition coefficient (Wildman–Crippen LogP) is 9.17. The van der Waals surface area contributed by atoms with Crippen LogP contribution >= 0.6 is 0 Å². The van der Waals surface area contributed by atoms with E-state index in [1.807, 2.05) is 18.2 Å². The molecule has 0 aliphatic heterocycles. The molecule has 0 aromatic heterocycles. The standard InChI is InChI=1S/C37H44F7NO4/c1-34-21-29(33-27-16-12-25(46)20-24(27)11-15-28(33)30(34)17-18-31(34)47)23-9-13-26(14-10-23)49-19-7-5-3-4-6-8-32(48)45(2)22-35(38,39)36(40,41)37(42,43)44/h9-10,13-14,20,28-30H,3-8,11-12,15-19,21-22H2,1-2H3/t28-,29+,30-,34-/m0/s1. The van der Waals surface area contributed by atoms with E-state index in [4.69, 9.17) is 4.74 Å². The fraction of sp³-hybridized carbons (Fsp3) is 0.649. The zero-order valence-electron chi connectivity index (χ0n) is 28.0. The number of ether oxygens (including phenoxy) is 1. The lowest BCUT2D eigenvalue weighted by atomic mass is 9.53. The number of carbonyl (C=O) groups is 3.